The van der Waals surface area contributed by atoms with E-state index in [0.717, 1.165) is 6.42 Å². The van der Waals surface area contributed by atoms with Crippen LogP contribution < -0.4 is 5.32 Å². The highest BCUT2D eigenvalue weighted by Gasteiger charge is 2.21. The van der Waals surface area contributed by atoms with E-state index in [1.165, 1.54) is 7.11 Å². The van der Waals surface area contributed by atoms with Crippen molar-refractivity contribution in [3.8, 4) is 0 Å². The molecule has 0 saturated carbocycles. The van der Waals surface area contributed by atoms with Gasteiger partial charge in [-0.05, 0) is 18.0 Å². The number of nitrogens with zero attached hydrogens (tertiary/aromatic N) is 2. The fourth-order valence-electron chi connectivity index (χ4n) is 1.44. The lowest BCUT2D eigenvalue weighted by Crippen LogP contribution is -2.21. The highest BCUT2D eigenvalue weighted by Crippen LogP contribution is 2.25. The summed E-state index contributed by atoms with van der Waals surface area (Å²) in [7, 11) is 1.17. The molecule has 1 heterocycles. The predicted octanol–water partition coefficient (Wildman–Crippen LogP) is 2.16. The van der Waals surface area contributed by atoms with Crippen molar-refractivity contribution in [2.45, 2.75) is 13.3 Å². The molecule has 1 aromatic rings. The van der Waals surface area contributed by atoms with Gasteiger partial charge in [-0.15, -0.1) is 0 Å². The molecule has 0 bridgehead atoms. The second-order valence-corrected chi connectivity index (χ2v) is 4.61. The number of methoxy groups -OCH3 is 1. The van der Waals surface area contributed by atoms with Gasteiger partial charge >= 0.3 is 5.97 Å². The minimum absolute atomic E-state index is 0.0117. The maximum atomic E-state index is 11.5. The van der Waals surface area contributed by atoms with Crippen LogP contribution in [0.15, 0.2) is 0 Å². The first-order valence-corrected chi connectivity index (χ1v) is 6.98. The van der Waals surface area contributed by atoms with E-state index < -0.39 is 11.7 Å². The van der Waals surface area contributed by atoms with Gasteiger partial charge in [0.05, 0.1) is 13.7 Å². The zero-order valence-electron chi connectivity index (χ0n) is 11.7. The van der Waals surface area contributed by atoms with Crippen LogP contribution in [0.25, 0.3) is 0 Å². The number of hydrogen-bond acceptors (Lipinski definition) is 7. The van der Waals surface area contributed by atoms with Crippen LogP contribution in [0.2, 0.25) is 10.4 Å². The summed E-state index contributed by atoms with van der Waals surface area (Å²) < 4.78 is 9.82. The molecule has 0 saturated heterocycles. The van der Waals surface area contributed by atoms with Crippen molar-refractivity contribution in [1.82, 2.24) is 9.97 Å². The van der Waals surface area contributed by atoms with Gasteiger partial charge < -0.3 is 14.8 Å². The molecule has 0 radical (unpaired) electrons. The third-order valence-electron chi connectivity index (χ3n) is 2.36. The summed E-state index contributed by atoms with van der Waals surface area (Å²) >= 11 is 11.7. The molecule has 0 fully saturated rings. The SMILES string of the molecule is CCCOCCNc1c(Cl)nc(Cl)nc1C(=N)C(=O)OC. The van der Waals surface area contributed by atoms with Crippen LogP contribution in [0.3, 0.4) is 0 Å². The van der Waals surface area contributed by atoms with Crippen molar-refractivity contribution in [3.05, 3.63) is 16.1 Å². The Labute approximate surface area is 132 Å². The second-order valence-electron chi connectivity index (χ2n) is 3.91. The third kappa shape index (κ3) is 5.11. The fraction of sp³-hybridized carbons (Fsp3) is 0.500. The highest BCUT2D eigenvalue weighted by atomic mass is 35.5. The van der Waals surface area contributed by atoms with E-state index in [1.807, 2.05) is 6.92 Å². The van der Waals surface area contributed by atoms with Gasteiger partial charge in [0.2, 0.25) is 5.28 Å². The zero-order chi connectivity index (χ0) is 15.8. The molecule has 116 valence electrons. The molecule has 0 unspecified atom stereocenters. The summed E-state index contributed by atoms with van der Waals surface area (Å²) in [6.07, 6.45) is 0.920. The molecule has 21 heavy (non-hydrogen) atoms. The maximum absolute atomic E-state index is 11.5. The monoisotopic (exact) mass is 334 g/mol. The molecule has 0 aliphatic rings. The maximum Gasteiger partial charge on any atom is 0.358 e. The molecule has 0 amide bonds. The molecule has 0 spiro atoms. The third-order valence-corrected chi connectivity index (χ3v) is 2.80. The second kappa shape index (κ2) is 8.76. The van der Waals surface area contributed by atoms with Gasteiger partial charge in [0.25, 0.3) is 0 Å². The van der Waals surface area contributed by atoms with Crippen molar-refractivity contribution in [2.24, 2.45) is 0 Å². The van der Waals surface area contributed by atoms with E-state index in [4.69, 9.17) is 33.3 Å². The van der Waals surface area contributed by atoms with Crippen LogP contribution in [0.4, 0.5) is 5.69 Å². The van der Waals surface area contributed by atoms with Crippen LogP contribution in [0.5, 0.6) is 0 Å². The zero-order valence-corrected chi connectivity index (χ0v) is 13.2. The number of aromatic nitrogens is 2. The lowest BCUT2D eigenvalue weighted by molar-refractivity contribution is -0.132. The van der Waals surface area contributed by atoms with E-state index in [2.05, 4.69) is 20.0 Å². The largest absolute Gasteiger partial charge is 0.464 e. The summed E-state index contributed by atoms with van der Waals surface area (Å²) in [6.45, 7) is 3.52. The van der Waals surface area contributed by atoms with Crippen molar-refractivity contribution in [3.63, 3.8) is 0 Å². The number of nitrogens with one attached hydrogen (secondary N) is 2. The van der Waals surface area contributed by atoms with E-state index in [0.29, 0.717) is 19.8 Å². The topological polar surface area (TPSA) is 97.2 Å². The van der Waals surface area contributed by atoms with Gasteiger partial charge in [-0.25, -0.2) is 14.8 Å². The molecule has 7 nitrogen and oxygen atoms in total. The van der Waals surface area contributed by atoms with Gasteiger partial charge in [-0.3, -0.25) is 5.41 Å². The van der Waals surface area contributed by atoms with Crippen molar-refractivity contribution >= 4 is 40.6 Å². The average Bonchev–Trinajstić information content (AvgIpc) is 2.46. The average molecular weight is 335 g/mol. The quantitative estimate of drug-likeness (QED) is 0.248. The molecule has 1 rings (SSSR count). The number of anilines is 1. The molecule has 0 atom stereocenters. The van der Waals surface area contributed by atoms with Crippen LogP contribution in [-0.2, 0) is 14.3 Å². The molecule has 2 N–H and O–H groups in total. The minimum Gasteiger partial charge on any atom is -0.464 e. The smallest absolute Gasteiger partial charge is 0.358 e. The van der Waals surface area contributed by atoms with E-state index >= 15 is 0 Å². The van der Waals surface area contributed by atoms with Crippen molar-refractivity contribution < 1.29 is 14.3 Å². The Bertz CT molecular complexity index is 525. The van der Waals surface area contributed by atoms with Crippen LogP contribution in [-0.4, -0.2) is 48.5 Å². The number of ether oxygens (including phenoxy) is 2. The van der Waals surface area contributed by atoms with Crippen LogP contribution >= 0.6 is 23.2 Å². The van der Waals surface area contributed by atoms with Gasteiger partial charge in [0.15, 0.2) is 10.9 Å². The summed E-state index contributed by atoms with van der Waals surface area (Å²) in [5.74, 6) is -0.842. The fourth-order valence-corrected chi connectivity index (χ4v) is 1.89. The lowest BCUT2D eigenvalue weighted by atomic mass is 10.2. The Kier molecular flexibility index (Phi) is 7.35. The number of carbonyl (C=O) groups excluding carboxylic acids is 1. The molecule has 0 aliphatic carbocycles. The van der Waals surface area contributed by atoms with Crippen LogP contribution in [0.1, 0.15) is 19.0 Å². The van der Waals surface area contributed by atoms with E-state index in [-0.39, 0.29) is 21.8 Å². The van der Waals surface area contributed by atoms with E-state index in [1.54, 1.807) is 0 Å². The number of halogens is 2. The Morgan fingerprint density at radius 2 is 2.05 bits per heavy atom. The van der Waals surface area contributed by atoms with Crippen molar-refractivity contribution in [1.29, 1.82) is 5.41 Å². The Hall–Kier alpha value is -1.44. The minimum atomic E-state index is -0.842. The summed E-state index contributed by atoms with van der Waals surface area (Å²) in [6, 6.07) is 0. The first-order valence-electron chi connectivity index (χ1n) is 6.23. The van der Waals surface area contributed by atoms with Gasteiger partial charge in [-0.2, -0.15) is 0 Å². The molecule has 9 heteroatoms. The van der Waals surface area contributed by atoms with Gasteiger partial charge in [0.1, 0.15) is 11.4 Å². The predicted molar refractivity (Wildman–Crippen MR) is 80.5 cm³/mol. The summed E-state index contributed by atoms with van der Waals surface area (Å²) in [4.78, 5) is 19.1. The first-order chi connectivity index (χ1) is 10.0. The number of esters is 1. The van der Waals surface area contributed by atoms with Crippen molar-refractivity contribution in [2.75, 3.05) is 32.2 Å². The van der Waals surface area contributed by atoms with Gasteiger partial charge in [0, 0.05) is 13.2 Å². The number of rotatable bonds is 8. The van der Waals surface area contributed by atoms with Gasteiger partial charge in [-0.1, -0.05) is 18.5 Å². The number of carbonyl (C=O) groups is 1. The lowest BCUT2D eigenvalue weighted by Gasteiger charge is -2.12. The first kappa shape index (κ1) is 17.6. The molecule has 0 aromatic carbocycles. The standard InChI is InChI=1S/C12H16Cl2N4O3/c1-3-5-21-6-4-16-9-8(7(15)11(19)20-2)17-12(14)18-10(9)13/h15-16H,3-6H2,1-2H3. The Morgan fingerprint density at radius 1 is 1.33 bits per heavy atom. The normalized spacial score (nSPS) is 10.3. The Balaban J connectivity index is 2.90. The van der Waals surface area contributed by atoms with Crippen LogP contribution in [0, 0.1) is 5.41 Å². The molecule has 1 aromatic heterocycles. The summed E-state index contributed by atoms with van der Waals surface area (Å²) in [5.41, 5.74) is -0.223. The highest BCUT2D eigenvalue weighted by molar-refractivity contribution is 6.44. The Morgan fingerprint density at radius 3 is 2.67 bits per heavy atom. The molecular weight excluding hydrogens is 319 g/mol. The van der Waals surface area contributed by atoms with E-state index in [9.17, 15) is 4.79 Å². The summed E-state index contributed by atoms with van der Waals surface area (Å²) in [5, 5.41) is 10.6. The molecular formula is C12H16Cl2N4O3. The number of hydrogen-bond donors (Lipinski definition) is 2. The molecule has 0 aliphatic heterocycles.